The molecule has 0 bridgehead atoms. The van der Waals surface area contributed by atoms with E-state index in [1.165, 1.54) is 14.2 Å². The van der Waals surface area contributed by atoms with E-state index in [1.807, 2.05) is 6.07 Å². The molecule has 1 aliphatic rings. The van der Waals surface area contributed by atoms with Gasteiger partial charge in [-0.05, 0) is 17.7 Å². The predicted molar refractivity (Wildman–Crippen MR) is 91.3 cm³/mol. The van der Waals surface area contributed by atoms with Crippen molar-refractivity contribution in [2.45, 2.75) is 0 Å². The number of hydrogen-bond acceptors (Lipinski definition) is 4. The quantitative estimate of drug-likeness (QED) is 0.800. The number of halogens is 1. The molecule has 0 aromatic heterocycles. The summed E-state index contributed by atoms with van der Waals surface area (Å²) in [5.74, 6) is -0.171. The molecule has 2 amide bonds. The molecule has 1 aliphatic heterocycles. The molecule has 24 heavy (non-hydrogen) atoms. The molecular weight excluding hydrogens is 330 g/mol. The van der Waals surface area contributed by atoms with Crippen molar-refractivity contribution >= 4 is 34.7 Å². The first-order valence-corrected chi connectivity index (χ1v) is 7.52. The predicted octanol–water partition coefficient (Wildman–Crippen LogP) is 3.23. The maximum Gasteiger partial charge on any atom is 0.277 e. The van der Waals surface area contributed by atoms with Crippen molar-refractivity contribution in [2.75, 3.05) is 19.1 Å². The minimum atomic E-state index is -0.580. The molecule has 3 rings (SSSR count). The van der Waals surface area contributed by atoms with Crippen LogP contribution in [0.1, 0.15) is 5.56 Å². The number of hydrogen-bond donors (Lipinski definition) is 0. The molecule has 2 aromatic carbocycles. The second kappa shape index (κ2) is 6.37. The lowest BCUT2D eigenvalue weighted by Crippen LogP contribution is -2.31. The Morgan fingerprint density at radius 3 is 2.25 bits per heavy atom. The molecular formula is C18H14ClNO4. The lowest BCUT2D eigenvalue weighted by atomic mass is 10.1. The van der Waals surface area contributed by atoms with E-state index in [0.717, 1.165) is 4.90 Å². The molecule has 0 saturated heterocycles. The molecule has 6 heteroatoms. The zero-order valence-electron chi connectivity index (χ0n) is 13.1. The standard InChI is InChI=1S/C18H14ClNO4/c1-23-12-8-9-13(14(10-12)24-2)20-17(21)15(16(19)18(20)22)11-6-4-3-5-7-11/h3-10H,1-2H3. The van der Waals surface area contributed by atoms with E-state index in [0.29, 0.717) is 22.7 Å². The van der Waals surface area contributed by atoms with Crippen molar-refractivity contribution in [3.8, 4) is 11.5 Å². The van der Waals surface area contributed by atoms with Crippen LogP contribution < -0.4 is 14.4 Å². The summed E-state index contributed by atoms with van der Waals surface area (Å²) in [4.78, 5) is 26.4. The minimum Gasteiger partial charge on any atom is -0.497 e. The fourth-order valence-electron chi connectivity index (χ4n) is 2.55. The van der Waals surface area contributed by atoms with E-state index in [9.17, 15) is 9.59 Å². The van der Waals surface area contributed by atoms with Crippen molar-refractivity contribution in [3.05, 3.63) is 59.1 Å². The summed E-state index contributed by atoms with van der Waals surface area (Å²) in [6.45, 7) is 0. The molecule has 122 valence electrons. The van der Waals surface area contributed by atoms with Crippen molar-refractivity contribution < 1.29 is 19.1 Å². The van der Waals surface area contributed by atoms with E-state index >= 15 is 0 Å². The Morgan fingerprint density at radius 2 is 1.62 bits per heavy atom. The van der Waals surface area contributed by atoms with Gasteiger partial charge in [0.1, 0.15) is 16.5 Å². The summed E-state index contributed by atoms with van der Waals surface area (Å²) in [5, 5.41) is -0.107. The van der Waals surface area contributed by atoms with Gasteiger partial charge in [-0.25, -0.2) is 4.90 Å². The van der Waals surface area contributed by atoms with Gasteiger partial charge in [0.2, 0.25) is 0 Å². The highest BCUT2D eigenvalue weighted by Crippen LogP contribution is 2.39. The van der Waals surface area contributed by atoms with Gasteiger partial charge < -0.3 is 9.47 Å². The molecule has 2 aromatic rings. The zero-order chi connectivity index (χ0) is 17.3. The minimum absolute atomic E-state index is 0.107. The Kier molecular flexibility index (Phi) is 4.27. The van der Waals surface area contributed by atoms with Gasteiger partial charge in [-0.2, -0.15) is 0 Å². The van der Waals surface area contributed by atoms with E-state index in [2.05, 4.69) is 0 Å². The third kappa shape index (κ3) is 2.53. The van der Waals surface area contributed by atoms with Gasteiger partial charge in [0, 0.05) is 6.07 Å². The third-order valence-corrected chi connectivity index (χ3v) is 4.07. The van der Waals surface area contributed by atoms with Gasteiger partial charge in [-0.3, -0.25) is 9.59 Å². The number of nitrogens with zero attached hydrogens (tertiary/aromatic N) is 1. The topological polar surface area (TPSA) is 55.8 Å². The zero-order valence-corrected chi connectivity index (χ0v) is 13.8. The van der Waals surface area contributed by atoms with Crippen molar-refractivity contribution in [1.29, 1.82) is 0 Å². The molecule has 0 unspecified atom stereocenters. The number of anilines is 1. The smallest absolute Gasteiger partial charge is 0.277 e. The number of rotatable bonds is 4. The maximum atomic E-state index is 12.8. The summed E-state index contributed by atoms with van der Waals surface area (Å²) in [7, 11) is 2.98. The Labute approximate surface area is 144 Å². The molecule has 0 radical (unpaired) electrons. The lowest BCUT2D eigenvalue weighted by molar-refractivity contribution is -0.119. The van der Waals surface area contributed by atoms with Crippen LogP contribution in [-0.2, 0) is 9.59 Å². The molecule has 0 aliphatic carbocycles. The van der Waals surface area contributed by atoms with E-state index in [4.69, 9.17) is 21.1 Å². The number of carbonyl (C=O) groups is 2. The summed E-state index contributed by atoms with van der Waals surface area (Å²) in [6.07, 6.45) is 0. The molecule has 0 spiro atoms. The van der Waals surface area contributed by atoms with E-state index in [-0.39, 0.29) is 10.6 Å². The van der Waals surface area contributed by atoms with Crippen LogP contribution in [0.4, 0.5) is 5.69 Å². The summed E-state index contributed by atoms with van der Waals surface area (Å²) >= 11 is 6.16. The van der Waals surface area contributed by atoms with Gasteiger partial charge in [0.05, 0.1) is 25.5 Å². The van der Waals surface area contributed by atoms with Gasteiger partial charge in [-0.1, -0.05) is 41.9 Å². The molecule has 0 N–H and O–H groups in total. The summed E-state index contributed by atoms with van der Waals surface area (Å²) in [5.41, 5.74) is 1.09. The molecule has 0 fully saturated rings. The van der Waals surface area contributed by atoms with Crippen LogP contribution >= 0.6 is 11.6 Å². The first kappa shape index (κ1) is 16.1. The third-order valence-electron chi connectivity index (χ3n) is 3.72. The van der Waals surface area contributed by atoms with Crippen LogP contribution in [0.15, 0.2) is 53.6 Å². The van der Waals surface area contributed by atoms with Crippen LogP contribution in [0.2, 0.25) is 0 Å². The Balaban J connectivity index is 2.07. The molecule has 0 atom stereocenters. The summed E-state index contributed by atoms with van der Waals surface area (Å²) in [6, 6.07) is 13.7. The maximum absolute atomic E-state index is 12.8. The number of carbonyl (C=O) groups excluding carboxylic acids is 2. The monoisotopic (exact) mass is 343 g/mol. The number of imide groups is 1. The van der Waals surface area contributed by atoms with Crippen molar-refractivity contribution in [2.24, 2.45) is 0 Å². The van der Waals surface area contributed by atoms with Crippen LogP contribution in [-0.4, -0.2) is 26.0 Å². The lowest BCUT2D eigenvalue weighted by Gasteiger charge is -2.18. The van der Waals surface area contributed by atoms with Crippen molar-refractivity contribution in [1.82, 2.24) is 0 Å². The van der Waals surface area contributed by atoms with Crippen LogP contribution in [0.5, 0.6) is 11.5 Å². The van der Waals surface area contributed by atoms with E-state index in [1.54, 1.807) is 42.5 Å². The fraction of sp³-hybridized carbons (Fsp3) is 0.111. The molecule has 0 saturated carbocycles. The number of benzene rings is 2. The Morgan fingerprint density at radius 1 is 0.917 bits per heavy atom. The van der Waals surface area contributed by atoms with Crippen LogP contribution in [0, 0.1) is 0 Å². The second-order valence-corrected chi connectivity index (χ2v) is 5.42. The molecule has 1 heterocycles. The first-order valence-electron chi connectivity index (χ1n) is 7.14. The highest BCUT2D eigenvalue weighted by molar-refractivity contribution is 6.60. The Bertz CT molecular complexity index is 845. The van der Waals surface area contributed by atoms with Gasteiger partial charge in [0.15, 0.2) is 0 Å². The fourth-order valence-corrected chi connectivity index (χ4v) is 2.82. The number of methoxy groups -OCH3 is 2. The second-order valence-electron chi connectivity index (χ2n) is 5.04. The van der Waals surface area contributed by atoms with Gasteiger partial charge in [0.25, 0.3) is 11.8 Å². The summed E-state index contributed by atoms with van der Waals surface area (Å²) < 4.78 is 10.4. The van der Waals surface area contributed by atoms with Gasteiger partial charge >= 0.3 is 0 Å². The molecule has 5 nitrogen and oxygen atoms in total. The van der Waals surface area contributed by atoms with Crippen LogP contribution in [0.3, 0.4) is 0 Å². The average Bonchev–Trinajstić information content (AvgIpc) is 2.84. The SMILES string of the molecule is COc1ccc(N2C(=O)C(Cl)=C(c3ccccc3)C2=O)c(OC)c1. The van der Waals surface area contributed by atoms with Gasteiger partial charge in [-0.15, -0.1) is 0 Å². The average molecular weight is 344 g/mol. The van der Waals surface area contributed by atoms with E-state index < -0.39 is 11.8 Å². The number of amides is 2. The largest absolute Gasteiger partial charge is 0.497 e. The van der Waals surface area contributed by atoms with Crippen LogP contribution in [0.25, 0.3) is 5.57 Å². The normalized spacial score (nSPS) is 14.4. The highest BCUT2D eigenvalue weighted by Gasteiger charge is 2.40. The Hall–Kier alpha value is -2.79. The van der Waals surface area contributed by atoms with Crippen molar-refractivity contribution in [3.63, 3.8) is 0 Å². The highest BCUT2D eigenvalue weighted by atomic mass is 35.5. The number of ether oxygens (including phenoxy) is 2. The first-order chi connectivity index (χ1) is 11.6.